The lowest BCUT2D eigenvalue weighted by molar-refractivity contribution is 0.0524. The first-order valence-electron chi connectivity index (χ1n) is 7.93. The van der Waals surface area contributed by atoms with Gasteiger partial charge >= 0.3 is 6.09 Å². The number of nitrogens with one attached hydrogen (secondary N) is 1. The van der Waals surface area contributed by atoms with Crippen LogP contribution in [0.2, 0.25) is 0 Å². The summed E-state index contributed by atoms with van der Waals surface area (Å²) in [6.07, 6.45) is -0.397. The van der Waals surface area contributed by atoms with Crippen LogP contribution in [0.1, 0.15) is 25.6 Å². The van der Waals surface area contributed by atoms with Crippen LogP contribution in [0.15, 0.2) is 50.4 Å². The van der Waals surface area contributed by atoms with Gasteiger partial charge in [0.2, 0.25) is 0 Å². The third kappa shape index (κ3) is 7.73. The van der Waals surface area contributed by atoms with Gasteiger partial charge in [-0.3, -0.25) is 0 Å². The zero-order chi connectivity index (χ0) is 18.3. The molecule has 0 aliphatic rings. The van der Waals surface area contributed by atoms with Crippen LogP contribution in [0.4, 0.5) is 4.79 Å². The van der Waals surface area contributed by atoms with Crippen LogP contribution in [-0.2, 0) is 11.3 Å². The van der Waals surface area contributed by atoms with Gasteiger partial charge in [0, 0.05) is 20.4 Å². The van der Waals surface area contributed by atoms with Crippen LogP contribution in [0.5, 0.6) is 0 Å². The highest BCUT2D eigenvalue weighted by molar-refractivity contribution is 8.01. The highest BCUT2D eigenvalue weighted by atomic mass is 32.2. The zero-order valence-electron chi connectivity index (χ0n) is 14.6. The van der Waals surface area contributed by atoms with Gasteiger partial charge in [-0.2, -0.15) is 0 Å². The summed E-state index contributed by atoms with van der Waals surface area (Å²) in [7, 11) is 0. The minimum atomic E-state index is -0.484. The number of ether oxygens (including phenoxy) is 1. The Morgan fingerprint density at radius 3 is 2.48 bits per heavy atom. The molecule has 1 heterocycles. The standard InChI is InChI=1S/C18H23NO3S3/c1-18(2,3)22-17(21)19-12-15-8-9-16(25-15)24-14-6-4-13(5-7-14)23-11-10-20/h4-9,20H,10-12H2,1-3H3,(H,19,21). The van der Waals surface area contributed by atoms with Gasteiger partial charge in [-0.25, -0.2) is 4.79 Å². The number of thioether (sulfide) groups is 1. The maximum absolute atomic E-state index is 11.7. The van der Waals surface area contributed by atoms with Crippen molar-refractivity contribution in [3.8, 4) is 0 Å². The van der Waals surface area contributed by atoms with E-state index in [1.54, 1.807) is 34.9 Å². The van der Waals surface area contributed by atoms with E-state index in [4.69, 9.17) is 9.84 Å². The maximum atomic E-state index is 11.7. The van der Waals surface area contributed by atoms with Crippen molar-refractivity contribution in [3.63, 3.8) is 0 Å². The lowest BCUT2D eigenvalue weighted by atomic mass is 10.2. The summed E-state index contributed by atoms with van der Waals surface area (Å²) >= 11 is 5.01. The number of alkyl carbamates (subject to hydrolysis) is 1. The number of carbonyl (C=O) groups excluding carboxylic acids is 1. The fraction of sp³-hybridized carbons (Fsp3) is 0.389. The van der Waals surface area contributed by atoms with Crippen molar-refractivity contribution in [2.75, 3.05) is 12.4 Å². The van der Waals surface area contributed by atoms with Crippen molar-refractivity contribution in [2.45, 2.75) is 46.9 Å². The van der Waals surface area contributed by atoms with E-state index >= 15 is 0 Å². The normalized spacial score (nSPS) is 11.4. The molecule has 0 aliphatic carbocycles. The van der Waals surface area contributed by atoms with Crippen molar-refractivity contribution < 1.29 is 14.6 Å². The van der Waals surface area contributed by atoms with Gasteiger partial charge in [0.1, 0.15) is 5.60 Å². The number of aliphatic hydroxyl groups excluding tert-OH is 1. The number of aliphatic hydroxyl groups is 1. The summed E-state index contributed by atoms with van der Waals surface area (Å²) in [5, 5.41) is 11.6. The maximum Gasteiger partial charge on any atom is 0.407 e. The topological polar surface area (TPSA) is 58.6 Å². The van der Waals surface area contributed by atoms with E-state index in [0.29, 0.717) is 12.3 Å². The summed E-state index contributed by atoms with van der Waals surface area (Å²) < 4.78 is 6.41. The summed E-state index contributed by atoms with van der Waals surface area (Å²) in [4.78, 5) is 15.1. The summed E-state index contributed by atoms with van der Waals surface area (Å²) in [6.45, 7) is 6.20. The number of rotatable bonds is 7. The van der Waals surface area contributed by atoms with Gasteiger partial charge in [-0.1, -0.05) is 11.8 Å². The molecule has 136 valence electrons. The Balaban J connectivity index is 1.83. The van der Waals surface area contributed by atoms with Crippen LogP contribution in [-0.4, -0.2) is 29.2 Å². The largest absolute Gasteiger partial charge is 0.444 e. The van der Waals surface area contributed by atoms with Gasteiger partial charge in [-0.15, -0.1) is 23.1 Å². The average molecular weight is 398 g/mol. The van der Waals surface area contributed by atoms with Crippen LogP contribution in [0.3, 0.4) is 0 Å². The molecule has 2 N–H and O–H groups in total. The molecular formula is C18H23NO3S3. The lowest BCUT2D eigenvalue weighted by Crippen LogP contribution is -2.31. The molecule has 0 fully saturated rings. The Kier molecular flexibility index (Phi) is 7.68. The first kappa shape index (κ1) is 20.2. The quantitative estimate of drug-likeness (QED) is 0.643. The Labute approximate surface area is 161 Å². The van der Waals surface area contributed by atoms with Crippen molar-refractivity contribution in [3.05, 3.63) is 41.3 Å². The van der Waals surface area contributed by atoms with Crippen molar-refractivity contribution in [2.24, 2.45) is 0 Å². The first-order chi connectivity index (χ1) is 11.9. The van der Waals surface area contributed by atoms with Crippen molar-refractivity contribution in [1.82, 2.24) is 5.32 Å². The number of thiophene rings is 1. The molecule has 7 heteroatoms. The van der Waals surface area contributed by atoms with Gasteiger partial charge in [0.05, 0.1) is 17.4 Å². The zero-order valence-corrected chi connectivity index (χ0v) is 17.0. The van der Waals surface area contributed by atoms with E-state index in [2.05, 4.69) is 35.6 Å². The second-order valence-corrected chi connectivity index (χ2v) is 9.93. The van der Waals surface area contributed by atoms with E-state index in [9.17, 15) is 4.79 Å². The van der Waals surface area contributed by atoms with E-state index in [1.165, 1.54) is 9.10 Å². The predicted molar refractivity (Wildman–Crippen MR) is 106 cm³/mol. The molecule has 1 aromatic heterocycles. The fourth-order valence-corrected chi connectivity index (χ4v) is 4.61. The Bertz CT molecular complexity index is 678. The molecule has 0 aliphatic heterocycles. The fourth-order valence-electron chi connectivity index (χ4n) is 1.87. The molecule has 0 saturated carbocycles. The number of carbonyl (C=O) groups is 1. The number of hydrogen-bond donors (Lipinski definition) is 2. The van der Waals surface area contributed by atoms with E-state index in [-0.39, 0.29) is 6.61 Å². The lowest BCUT2D eigenvalue weighted by Gasteiger charge is -2.19. The van der Waals surface area contributed by atoms with E-state index < -0.39 is 11.7 Å². The molecule has 0 saturated heterocycles. The summed E-state index contributed by atoms with van der Waals surface area (Å²) in [6, 6.07) is 12.4. The highest BCUT2D eigenvalue weighted by Gasteiger charge is 2.15. The Hall–Kier alpha value is -1.15. The van der Waals surface area contributed by atoms with Crippen molar-refractivity contribution >= 4 is 41.0 Å². The van der Waals surface area contributed by atoms with E-state index in [0.717, 1.165) is 9.77 Å². The molecule has 2 aromatic rings. The Morgan fingerprint density at radius 2 is 1.84 bits per heavy atom. The van der Waals surface area contributed by atoms with Gasteiger partial charge < -0.3 is 15.2 Å². The molecule has 0 spiro atoms. The molecule has 0 unspecified atom stereocenters. The molecule has 25 heavy (non-hydrogen) atoms. The second kappa shape index (κ2) is 9.52. The van der Waals surface area contributed by atoms with Crippen LogP contribution < -0.4 is 5.32 Å². The number of benzene rings is 1. The molecule has 1 aromatic carbocycles. The van der Waals surface area contributed by atoms with Gasteiger partial charge in [-0.05, 0) is 57.2 Å². The summed E-state index contributed by atoms with van der Waals surface area (Å²) in [5.41, 5.74) is -0.484. The van der Waals surface area contributed by atoms with Gasteiger partial charge in [0.25, 0.3) is 0 Å². The average Bonchev–Trinajstić information content (AvgIpc) is 2.98. The first-order valence-corrected chi connectivity index (χ1v) is 10.5. The second-order valence-electron chi connectivity index (χ2n) is 6.22. The van der Waals surface area contributed by atoms with Gasteiger partial charge in [0.15, 0.2) is 0 Å². The van der Waals surface area contributed by atoms with Crippen LogP contribution in [0, 0.1) is 0 Å². The van der Waals surface area contributed by atoms with Crippen LogP contribution >= 0.6 is 34.9 Å². The third-order valence-electron chi connectivity index (χ3n) is 2.85. The molecule has 1 amide bonds. The van der Waals surface area contributed by atoms with Crippen LogP contribution in [0.25, 0.3) is 0 Å². The molecule has 0 bridgehead atoms. The smallest absolute Gasteiger partial charge is 0.407 e. The molecular weight excluding hydrogens is 374 g/mol. The molecule has 4 nitrogen and oxygen atoms in total. The Morgan fingerprint density at radius 1 is 1.16 bits per heavy atom. The predicted octanol–water partition coefficient (Wildman–Crippen LogP) is 5.01. The molecule has 0 radical (unpaired) electrons. The summed E-state index contributed by atoms with van der Waals surface area (Å²) in [5.74, 6) is 0.714. The monoisotopic (exact) mass is 397 g/mol. The minimum Gasteiger partial charge on any atom is -0.444 e. The SMILES string of the molecule is CC(C)(C)OC(=O)NCc1ccc(Sc2ccc(SCCO)cc2)s1. The highest BCUT2D eigenvalue weighted by Crippen LogP contribution is 2.34. The molecule has 0 atom stereocenters. The van der Waals surface area contributed by atoms with E-state index in [1.807, 2.05) is 26.8 Å². The third-order valence-corrected chi connectivity index (χ3v) is 6.06. The minimum absolute atomic E-state index is 0.191. The van der Waals surface area contributed by atoms with Crippen molar-refractivity contribution in [1.29, 1.82) is 0 Å². The number of hydrogen-bond acceptors (Lipinski definition) is 6. The molecule has 2 rings (SSSR count). The number of amides is 1.